The van der Waals surface area contributed by atoms with Crippen molar-refractivity contribution in [3.63, 3.8) is 0 Å². The van der Waals surface area contributed by atoms with Crippen molar-refractivity contribution < 1.29 is 39.3 Å². The van der Waals surface area contributed by atoms with Crippen molar-refractivity contribution in [2.45, 2.75) is 50.2 Å². The first-order chi connectivity index (χ1) is 16.0. The van der Waals surface area contributed by atoms with Crippen molar-refractivity contribution in [1.29, 1.82) is 0 Å². The van der Waals surface area contributed by atoms with Crippen LogP contribution in [0, 0.1) is 0 Å². The van der Waals surface area contributed by atoms with E-state index in [1.807, 2.05) is 0 Å². The van der Waals surface area contributed by atoms with Gasteiger partial charge in [-0.05, 0) is 43.3 Å². The zero-order chi connectivity index (χ0) is 25.8. The molecule has 15 nitrogen and oxygen atoms in total. The molecular formula is C19H25N7O8. The van der Waals surface area contributed by atoms with Gasteiger partial charge in [-0.15, -0.1) is 0 Å². The lowest BCUT2D eigenvalue weighted by Crippen LogP contribution is -2.44. The summed E-state index contributed by atoms with van der Waals surface area (Å²) in [6, 6.07) is -0.174. The SMILES string of the molecule is [N-]=[N+]=Nc1ccc(C(=O)N[C@H](CCC(=O)NC(CCCC(N)C(=O)O)C(=O)O)C(=O)O)c(N)c1. The van der Waals surface area contributed by atoms with Gasteiger partial charge in [0.1, 0.15) is 18.1 Å². The largest absolute Gasteiger partial charge is 0.480 e. The van der Waals surface area contributed by atoms with Gasteiger partial charge in [-0.2, -0.15) is 0 Å². The van der Waals surface area contributed by atoms with E-state index in [4.69, 9.17) is 22.1 Å². The van der Waals surface area contributed by atoms with Gasteiger partial charge in [-0.3, -0.25) is 14.4 Å². The van der Waals surface area contributed by atoms with Crippen molar-refractivity contribution in [1.82, 2.24) is 10.6 Å². The van der Waals surface area contributed by atoms with Gasteiger partial charge in [0.2, 0.25) is 5.91 Å². The lowest BCUT2D eigenvalue weighted by atomic mass is 10.0. The number of nitrogens with zero attached hydrogens (tertiary/aromatic N) is 3. The number of anilines is 1. The summed E-state index contributed by atoms with van der Waals surface area (Å²) >= 11 is 0. The molecule has 0 aliphatic heterocycles. The number of rotatable bonds is 14. The summed E-state index contributed by atoms with van der Waals surface area (Å²) in [6.07, 6.45) is -0.708. The number of nitrogens with one attached hydrogen (secondary N) is 2. The van der Waals surface area contributed by atoms with Crippen LogP contribution in [0.3, 0.4) is 0 Å². The van der Waals surface area contributed by atoms with Crippen LogP contribution in [-0.2, 0) is 19.2 Å². The van der Waals surface area contributed by atoms with E-state index in [0.717, 1.165) is 0 Å². The fourth-order valence-corrected chi connectivity index (χ4v) is 2.83. The fourth-order valence-electron chi connectivity index (χ4n) is 2.83. The van der Waals surface area contributed by atoms with Crippen LogP contribution in [0.1, 0.15) is 42.5 Å². The van der Waals surface area contributed by atoms with Crippen LogP contribution < -0.4 is 22.1 Å². The minimum Gasteiger partial charge on any atom is -0.480 e. The Labute approximate surface area is 192 Å². The molecule has 15 heteroatoms. The van der Waals surface area contributed by atoms with Crippen molar-refractivity contribution in [2.24, 2.45) is 10.8 Å². The summed E-state index contributed by atoms with van der Waals surface area (Å²) < 4.78 is 0. The van der Waals surface area contributed by atoms with Gasteiger partial charge in [-0.25, -0.2) is 9.59 Å². The smallest absolute Gasteiger partial charge is 0.326 e. The van der Waals surface area contributed by atoms with Crippen molar-refractivity contribution >= 4 is 41.1 Å². The van der Waals surface area contributed by atoms with E-state index in [0.29, 0.717) is 0 Å². The Morgan fingerprint density at radius 2 is 1.59 bits per heavy atom. The summed E-state index contributed by atoms with van der Waals surface area (Å²) in [4.78, 5) is 60.7. The molecule has 0 heterocycles. The van der Waals surface area contributed by atoms with Crippen LogP contribution in [0.4, 0.5) is 11.4 Å². The minimum absolute atomic E-state index is 0.00900. The molecule has 0 spiro atoms. The molecule has 2 amide bonds. The summed E-state index contributed by atoms with van der Waals surface area (Å²) in [5.41, 5.74) is 19.5. The Balaban J connectivity index is 2.68. The molecule has 1 aromatic carbocycles. The predicted molar refractivity (Wildman–Crippen MR) is 117 cm³/mol. The van der Waals surface area contributed by atoms with Gasteiger partial charge in [0.15, 0.2) is 0 Å². The molecule has 0 bridgehead atoms. The molecule has 2 unspecified atom stereocenters. The summed E-state index contributed by atoms with van der Waals surface area (Å²) in [5, 5.41) is 35.1. The summed E-state index contributed by atoms with van der Waals surface area (Å²) in [7, 11) is 0. The number of nitrogens with two attached hydrogens (primary N) is 2. The van der Waals surface area contributed by atoms with Crippen LogP contribution in [0.5, 0.6) is 0 Å². The zero-order valence-electron chi connectivity index (χ0n) is 17.9. The lowest BCUT2D eigenvalue weighted by Gasteiger charge is -2.17. The van der Waals surface area contributed by atoms with E-state index in [2.05, 4.69) is 20.7 Å². The number of hydrogen-bond donors (Lipinski definition) is 7. The number of aliphatic carboxylic acids is 3. The van der Waals surface area contributed by atoms with Crippen molar-refractivity contribution in [3.05, 3.63) is 34.2 Å². The quantitative estimate of drug-likeness (QED) is 0.0830. The van der Waals surface area contributed by atoms with E-state index in [9.17, 15) is 34.2 Å². The molecule has 0 saturated heterocycles. The molecule has 184 valence electrons. The Morgan fingerprint density at radius 1 is 0.971 bits per heavy atom. The number of hydrogen-bond acceptors (Lipinski definition) is 8. The fraction of sp³-hybridized carbons (Fsp3) is 0.421. The number of amides is 2. The van der Waals surface area contributed by atoms with E-state index in [-0.39, 0.29) is 42.6 Å². The third-order valence-electron chi connectivity index (χ3n) is 4.66. The molecule has 9 N–H and O–H groups in total. The van der Waals surface area contributed by atoms with Crippen LogP contribution >= 0.6 is 0 Å². The second-order valence-corrected chi connectivity index (χ2v) is 7.20. The van der Waals surface area contributed by atoms with E-state index < -0.39 is 54.3 Å². The third-order valence-corrected chi connectivity index (χ3v) is 4.66. The second kappa shape index (κ2) is 13.2. The maximum atomic E-state index is 12.4. The molecule has 0 fully saturated rings. The Hall–Kier alpha value is -4.36. The van der Waals surface area contributed by atoms with E-state index >= 15 is 0 Å². The highest BCUT2D eigenvalue weighted by Gasteiger charge is 2.25. The molecular weight excluding hydrogens is 454 g/mol. The summed E-state index contributed by atoms with van der Waals surface area (Å²) in [5.74, 6) is -5.61. The van der Waals surface area contributed by atoms with Crippen LogP contribution in [0.2, 0.25) is 0 Å². The maximum Gasteiger partial charge on any atom is 0.326 e. The molecule has 0 aliphatic rings. The summed E-state index contributed by atoms with van der Waals surface area (Å²) in [6.45, 7) is 0. The Kier molecular flexibility index (Phi) is 10.8. The van der Waals surface area contributed by atoms with Gasteiger partial charge in [0.25, 0.3) is 5.91 Å². The topological polar surface area (TPSA) is 271 Å². The highest BCUT2D eigenvalue weighted by Crippen LogP contribution is 2.20. The highest BCUT2D eigenvalue weighted by atomic mass is 16.4. The van der Waals surface area contributed by atoms with Crippen LogP contribution in [-0.4, -0.2) is 63.2 Å². The minimum atomic E-state index is -1.48. The second-order valence-electron chi connectivity index (χ2n) is 7.20. The third kappa shape index (κ3) is 9.02. The number of nitrogen functional groups attached to an aromatic ring is 1. The average Bonchev–Trinajstić information content (AvgIpc) is 2.75. The van der Waals surface area contributed by atoms with Gasteiger partial charge < -0.3 is 37.4 Å². The number of azide groups is 1. The standard InChI is InChI=1S/C19H25N7O8/c20-11(17(29)30)2-1-3-13(18(31)32)23-15(27)7-6-14(19(33)34)24-16(28)10-5-4-9(25-26-22)8-12(10)21/h4-5,8,11,13-14H,1-3,6-7,20-21H2,(H,23,27)(H,24,28)(H,29,30)(H,31,32)(H,33,34)/t11?,13?,14-/m1/s1. The van der Waals surface area contributed by atoms with Crippen LogP contribution in [0.25, 0.3) is 10.4 Å². The van der Waals surface area contributed by atoms with Crippen molar-refractivity contribution in [3.8, 4) is 0 Å². The van der Waals surface area contributed by atoms with Gasteiger partial charge in [-0.1, -0.05) is 11.2 Å². The number of carbonyl (C=O) groups excluding carboxylic acids is 2. The first-order valence-corrected chi connectivity index (χ1v) is 9.95. The molecule has 1 aromatic rings. The maximum absolute atomic E-state index is 12.4. The normalized spacial score (nSPS) is 13.0. The first-order valence-electron chi connectivity index (χ1n) is 9.95. The van der Waals surface area contributed by atoms with Gasteiger partial charge in [0, 0.05) is 22.7 Å². The Bertz CT molecular complexity index is 993. The first kappa shape index (κ1) is 27.7. The van der Waals surface area contributed by atoms with E-state index in [1.54, 1.807) is 0 Å². The van der Waals surface area contributed by atoms with Gasteiger partial charge in [0.05, 0.1) is 5.56 Å². The monoisotopic (exact) mass is 479 g/mol. The average molecular weight is 479 g/mol. The lowest BCUT2D eigenvalue weighted by molar-refractivity contribution is -0.142. The molecule has 1 rings (SSSR count). The van der Waals surface area contributed by atoms with Crippen molar-refractivity contribution in [2.75, 3.05) is 5.73 Å². The number of carboxylic acids is 3. The Morgan fingerprint density at radius 3 is 2.12 bits per heavy atom. The molecule has 34 heavy (non-hydrogen) atoms. The number of carboxylic acid groups (broad SMARTS) is 3. The molecule has 3 atom stereocenters. The van der Waals surface area contributed by atoms with Gasteiger partial charge >= 0.3 is 17.9 Å². The molecule has 0 saturated carbocycles. The zero-order valence-corrected chi connectivity index (χ0v) is 17.9. The number of benzene rings is 1. The molecule has 0 aromatic heterocycles. The molecule has 0 radical (unpaired) electrons. The molecule has 0 aliphatic carbocycles. The van der Waals surface area contributed by atoms with E-state index in [1.165, 1.54) is 18.2 Å². The highest BCUT2D eigenvalue weighted by molar-refractivity contribution is 6.01. The van der Waals surface area contributed by atoms with Crippen LogP contribution in [0.15, 0.2) is 23.3 Å². The number of carbonyl (C=O) groups is 5. The predicted octanol–water partition coefficient (Wildman–Crippen LogP) is 0.325.